The molecule has 154 valence electrons. The van der Waals surface area contributed by atoms with Gasteiger partial charge in [-0.05, 0) is 31.5 Å². The Labute approximate surface area is 165 Å². The topological polar surface area (TPSA) is 114 Å². The van der Waals surface area contributed by atoms with Gasteiger partial charge < -0.3 is 25.3 Å². The Bertz CT molecular complexity index is 791. The first kappa shape index (κ1) is 21.6. The lowest BCUT2D eigenvalue weighted by molar-refractivity contribution is -0.122. The van der Waals surface area contributed by atoms with E-state index in [1.54, 1.807) is 26.0 Å². The summed E-state index contributed by atoms with van der Waals surface area (Å²) in [6.07, 6.45) is 0.481. The third kappa shape index (κ3) is 5.67. The maximum atomic E-state index is 12.3. The van der Waals surface area contributed by atoms with E-state index in [1.165, 1.54) is 0 Å². The summed E-state index contributed by atoms with van der Waals surface area (Å²) in [4.78, 5) is 16.8. The Morgan fingerprint density at radius 2 is 1.93 bits per heavy atom. The van der Waals surface area contributed by atoms with Crippen LogP contribution >= 0.6 is 0 Å². The van der Waals surface area contributed by atoms with Gasteiger partial charge in [-0.2, -0.15) is 5.10 Å². The second-order valence-electron chi connectivity index (χ2n) is 6.62. The lowest BCUT2D eigenvalue weighted by atomic mass is 10.1. The van der Waals surface area contributed by atoms with Gasteiger partial charge in [0, 0.05) is 19.6 Å². The number of aromatic nitrogens is 3. The van der Waals surface area contributed by atoms with Gasteiger partial charge in [-0.15, -0.1) is 0 Å². The number of nitrogens with zero attached hydrogens (tertiary/aromatic N) is 3. The van der Waals surface area contributed by atoms with E-state index in [9.17, 15) is 4.79 Å². The standard InChI is InChI=1S/C19H29N5O4/c1-12(11-26-3)21-18(25)10-24-19(13(2)20)22-17(23-24)9-14-6-7-15(27-4)16(8-14)28-5/h6-8,12-13H,9-11,20H2,1-5H3,(H,21,25)/t12-,13+/m0/s1. The largest absolute Gasteiger partial charge is 0.493 e. The molecular formula is C19H29N5O4. The number of carbonyl (C=O) groups is 1. The van der Waals surface area contributed by atoms with Crippen molar-refractivity contribution in [2.45, 2.75) is 38.9 Å². The minimum absolute atomic E-state index is 0.0455. The zero-order valence-corrected chi connectivity index (χ0v) is 17.1. The highest BCUT2D eigenvalue weighted by molar-refractivity contribution is 5.76. The molecule has 0 aliphatic heterocycles. The monoisotopic (exact) mass is 391 g/mol. The fraction of sp³-hybridized carbons (Fsp3) is 0.526. The smallest absolute Gasteiger partial charge is 0.242 e. The number of hydrogen-bond acceptors (Lipinski definition) is 7. The van der Waals surface area contributed by atoms with Gasteiger partial charge in [0.15, 0.2) is 17.3 Å². The normalized spacial score (nSPS) is 13.1. The van der Waals surface area contributed by atoms with E-state index in [0.717, 1.165) is 5.56 Å². The molecule has 9 heteroatoms. The van der Waals surface area contributed by atoms with Gasteiger partial charge in [0.05, 0.1) is 26.9 Å². The Morgan fingerprint density at radius 1 is 1.21 bits per heavy atom. The van der Waals surface area contributed by atoms with Crippen LogP contribution in [0.15, 0.2) is 18.2 Å². The second-order valence-corrected chi connectivity index (χ2v) is 6.62. The number of ether oxygens (including phenoxy) is 3. The fourth-order valence-electron chi connectivity index (χ4n) is 2.85. The number of carbonyl (C=O) groups excluding carboxylic acids is 1. The van der Waals surface area contributed by atoms with Gasteiger partial charge in [-0.3, -0.25) is 4.79 Å². The molecule has 0 radical (unpaired) electrons. The summed E-state index contributed by atoms with van der Waals surface area (Å²) < 4.78 is 17.2. The summed E-state index contributed by atoms with van der Waals surface area (Å²) in [7, 11) is 4.77. The number of methoxy groups -OCH3 is 3. The molecule has 3 N–H and O–H groups in total. The van der Waals surface area contributed by atoms with Crippen LogP contribution in [0.2, 0.25) is 0 Å². The van der Waals surface area contributed by atoms with E-state index < -0.39 is 0 Å². The van der Waals surface area contributed by atoms with Crippen molar-refractivity contribution >= 4 is 5.91 Å². The summed E-state index contributed by atoms with van der Waals surface area (Å²) >= 11 is 0. The van der Waals surface area contributed by atoms with Gasteiger partial charge >= 0.3 is 0 Å². The van der Waals surface area contributed by atoms with Crippen molar-refractivity contribution in [3.8, 4) is 11.5 Å². The first-order valence-electron chi connectivity index (χ1n) is 9.06. The number of amides is 1. The highest BCUT2D eigenvalue weighted by Crippen LogP contribution is 2.28. The van der Waals surface area contributed by atoms with Crippen molar-refractivity contribution in [1.29, 1.82) is 0 Å². The van der Waals surface area contributed by atoms with E-state index in [-0.39, 0.29) is 24.5 Å². The number of rotatable bonds is 10. The van der Waals surface area contributed by atoms with E-state index >= 15 is 0 Å². The molecule has 0 fully saturated rings. The summed E-state index contributed by atoms with van der Waals surface area (Å²) in [5.41, 5.74) is 6.98. The summed E-state index contributed by atoms with van der Waals surface area (Å²) in [5, 5.41) is 7.34. The zero-order chi connectivity index (χ0) is 20.7. The van der Waals surface area contributed by atoms with Crippen molar-refractivity contribution in [2.24, 2.45) is 5.73 Å². The minimum atomic E-state index is -0.351. The first-order valence-corrected chi connectivity index (χ1v) is 9.06. The van der Waals surface area contributed by atoms with Crippen molar-refractivity contribution in [3.05, 3.63) is 35.4 Å². The van der Waals surface area contributed by atoms with Crippen LogP contribution in [0.25, 0.3) is 0 Å². The molecule has 0 bridgehead atoms. The van der Waals surface area contributed by atoms with Crippen molar-refractivity contribution in [1.82, 2.24) is 20.1 Å². The molecule has 0 unspecified atom stereocenters. The first-order chi connectivity index (χ1) is 13.4. The molecule has 0 aliphatic carbocycles. The van der Waals surface area contributed by atoms with Gasteiger partial charge in [0.25, 0.3) is 0 Å². The lowest BCUT2D eigenvalue weighted by Crippen LogP contribution is -2.38. The van der Waals surface area contributed by atoms with E-state index in [0.29, 0.717) is 36.2 Å². The van der Waals surface area contributed by atoms with Crippen molar-refractivity contribution in [3.63, 3.8) is 0 Å². The van der Waals surface area contributed by atoms with Crippen LogP contribution in [-0.2, 0) is 22.5 Å². The molecular weight excluding hydrogens is 362 g/mol. The lowest BCUT2D eigenvalue weighted by Gasteiger charge is -2.13. The molecule has 2 rings (SSSR count). The van der Waals surface area contributed by atoms with Crippen LogP contribution < -0.4 is 20.5 Å². The van der Waals surface area contributed by atoms with Crippen LogP contribution in [-0.4, -0.2) is 54.6 Å². The number of nitrogens with two attached hydrogens (primary N) is 1. The van der Waals surface area contributed by atoms with Crippen LogP contribution in [0.3, 0.4) is 0 Å². The predicted octanol–water partition coefficient (Wildman–Crippen LogP) is 1.06. The SMILES string of the molecule is COC[C@H](C)NC(=O)Cn1nc(Cc2ccc(OC)c(OC)c2)nc1[C@@H](C)N. The van der Waals surface area contributed by atoms with E-state index in [2.05, 4.69) is 15.4 Å². The summed E-state index contributed by atoms with van der Waals surface area (Å²) in [6.45, 7) is 4.17. The molecule has 1 heterocycles. The van der Waals surface area contributed by atoms with Crippen molar-refractivity contribution < 1.29 is 19.0 Å². The second kappa shape index (κ2) is 10.0. The molecule has 2 atom stereocenters. The average molecular weight is 391 g/mol. The maximum Gasteiger partial charge on any atom is 0.242 e. The molecule has 2 aromatic rings. The molecule has 9 nitrogen and oxygen atoms in total. The van der Waals surface area contributed by atoms with E-state index in [4.69, 9.17) is 19.9 Å². The molecule has 0 saturated heterocycles. The van der Waals surface area contributed by atoms with Crippen molar-refractivity contribution in [2.75, 3.05) is 27.9 Å². The highest BCUT2D eigenvalue weighted by Gasteiger charge is 2.17. The number of nitrogens with one attached hydrogen (secondary N) is 1. The molecule has 28 heavy (non-hydrogen) atoms. The third-order valence-electron chi connectivity index (χ3n) is 4.08. The van der Waals surface area contributed by atoms with Gasteiger partial charge in [-0.25, -0.2) is 9.67 Å². The van der Waals surface area contributed by atoms with Crippen LogP contribution in [0.1, 0.15) is 37.1 Å². The average Bonchev–Trinajstić information content (AvgIpc) is 3.03. The summed E-state index contributed by atoms with van der Waals surface area (Å²) in [6, 6.07) is 5.20. The third-order valence-corrected chi connectivity index (χ3v) is 4.08. The number of benzene rings is 1. The minimum Gasteiger partial charge on any atom is -0.493 e. The zero-order valence-electron chi connectivity index (χ0n) is 17.1. The molecule has 1 aromatic heterocycles. The van der Waals surface area contributed by atoms with Crippen LogP contribution in [0.4, 0.5) is 0 Å². The molecule has 0 aliphatic rings. The van der Waals surface area contributed by atoms with Crippen LogP contribution in [0.5, 0.6) is 11.5 Å². The maximum absolute atomic E-state index is 12.3. The fourth-order valence-corrected chi connectivity index (χ4v) is 2.85. The Balaban J connectivity index is 2.16. The molecule has 1 amide bonds. The van der Waals surface area contributed by atoms with E-state index in [1.807, 2.05) is 32.0 Å². The quantitative estimate of drug-likeness (QED) is 0.622. The Hall–Kier alpha value is -2.65. The van der Waals surface area contributed by atoms with Gasteiger partial charge in [0.2, 0.25) is 5.91 Å². The molecule has 1 aromatic carbocycles. The van der Waals surface area contributed by atoms with Gasteiger partial charge in [-0.1, -0.05) is 6.07 Å². The molecule has 0 saturated carbocycles. The summed E-state index contributed by atoms with van der Waals surface area (Å²) in [5.74, 6) is 2.26. The Morgan fingerprint density at radius 3 is 2.54 bits per heavy atom. The van der Waals surface area contributed by atoms with Crippen LogP contribution in [0, 0.1) is 0 Å². The van der Waals surface area contributed by atoms with Gasteiger partial charge in [0.1, 0.15) is 12.4 Å². The molecule has 0 spiro atoms. The highest BCUT2D eigenvalue weighted by atomic mass is 16.5. The predicted molar refractivity (Wildman–Crippen MR) is 104 cm³/mol. The number of hydrogen-bond donors (Lipinski definition) is 2. The Kier molecular flexibility index (Phi) is 7.77.